The van der Waals surface area contributed by atoms with Gasteiger partial charge in [-0.15, -0.1) is 0 Å². The van der Waals surface area contributed by atoms with Crippen LogP contribution >= 0.6 is 0 Å². The molecule has 0 aliphatic rings. The molecule has 9 nitrogen and oxygen atoms in total. The van der Waals surface area contributed by atoms with E-state index in [0.29, 0.717) is 5.56 Å². The first-order valence-corrected chi connectivity index (χ1v) is 12.5. The molecule has 0 saturated carbocycles. The molecule has 4 aromatic carbocycles. The van der Waals surface area contributed by atoms with Crippen molar-refractivity contribution in [3.63, 3.8) is 0 Å². The Morgan fingerprint density at radius 2 is 1.79 bits per heavy atom. The van der Waals surface area contributed by atoms with Crippen LogP contribution in [-0.2, 0) is 12.8 Å². The summed E-state index contributed by atoms with van der Waals surface area (Å²) in [5.41, 5.74) is -1.38. The number of alkyl halides is 3. The van der Waals surface area contributed by atoms with Crippen molar-refractivity contribution in [3.8, 4) is 22.9 Å². The van der Waals surface area contributed by atoms with Crippen LogP contribution in [0.2, 0.25) is 0 Å². The van der Waals surface area contributed by atoms with E-state index in [-0.39, 0.29) is 46.0 Å². The molecular formula is C30H20F4N4O5. The molecule has 1 aromatic heterocycles. The summed E-state index contributed by atoms with van der Waals surface area (Å²) in [5, 5.41) is 16.3. The molecule has 0 amide bonds. The van der Waals surface area contributed by atoms with Crippen LogP contribution in [0.5, 0.6) is 11.5 Å². The number of hydrogen-bond acceptors (Lipinski definition) is 7. The lowest BCUT2D eigenvalue weighted by Gasteiger charge is -2.13. The van der Waals surface area contributed by atoms with Crippen LogP contribution < -0.4 is 15.0 Å². The van der Waals surface area contributed by atoms with Gasteiger partial charge in [-0.05, 0) is 48.0 Å². The third-order valence-corrected chi connectivity index (χ3v) is 6.27. The summed E-state index contributed by atoms with van der Waals surface area (Å²) in [4.78, 5) is 29.1. The largest absolute Gasteiger partial charge is 0.493 e. The SMILES string of the molecule is COc1cc(C=Nn2c(-c3cccc(C(F)(F)F)c3)nc3ccccc3c2=O)cc([N+](=O)[O-])c1OCc1cccc(F)c1. The van der Waals surface area contributed by atoms with Crippen molar-refractivity contribution in [2.75, 3.05) is 7.11 Å². The van der Waals surface area contributed by atoms with E-state index < -0.39 is 33.7 Å². The molecule has 0 spiro atoms. The monoisotopic (exact) mass is 592 g/mol. The number of halogens is 4. The minimum absolute atomic E-state index is 0.0283. The van der Waals surface area contributed by atoms with Crippen LogP contribution in [0.1, 0.15) is 16.7 Å². The molecule has 0 fully saturated rings. The van der Waals surface area contributed by atoms with Gasteiger partial charge in [-0.2, -0.15) is 22.9 Å². The van der Waals surface area contributed by atoms with Gasteiger partial charge in [0.15, 0.2) is 11.6 Å². The Kier molecular flexibility index (Phi) is 7.88. The molecule has 0 atom stereocenters. The Balaban J connectivity index is 1.60. The lowest BCUT2D eigenvalue weighted by molar-refractivity contribution is -0.386. The predicted molar refractivity (Wildman–Crippen MR) is 150 cm³/mol. The summed E-state index contributed by atoms with van der Waals surface area (Å²) in [6.45, 7) is -0.194. The first-order valence-electron chi connectivity index (χ1n) is 12.5. The van der Waals surface area contributed by atoms with Crippen molar-refractivity contribution in [3.05, 3.63) is 128 Å². The number of rotatable bonds is 8. The van der Waals surface area contributed by atoms with Gasteiger partial charge in [0.2, 0.25) is 5.75 Å². The summed E-state index contributed by atoms with van der Waals surface area (Å²) >= 11 is 0. The van der Waals surface area contributed by atoms with Crippen molar-refractivity contribution >= 4 is 22.8 Å². The number of fused-ring (bicyclic) bond motifs is 1. The first-order chi connectivity index (χ1) is 20.5. The van der Waals surface area contributed by atoms with Gasteiger partial charge < -0.3 is 9.47 Å². The average Bonchev–Trinajstić information content (AvgIpc) is 2.99. The highest BCUT2D eigenvalue weighted by Crippen LogP contribution is 2.38. The molecule has 0 saturated heterocycles. The van der Waals surface area contributed by atoms with Gasteiger partial charge in [0, 0.05) is 17.2 Å². The molecule has 5 rings (SSSR count). The normalized spacial score (nSPS) is 11.7. The average molecular weight is 593 g/mol. The zero-order valence-corrected chi connectivity index (χ0v) is 22.2. The van der Waals surface area contributed by atoms with Crippen LogP contribution in [-0.4, -0.2) is 27.9 Å². The van der Waals surface area contributed by atoms with Gasteiger partial charge in [-0.3, -0.25) is 14.9 Å². The highest BCUT2D eigenvalue weighted by atomic mass is 19.4. The van der Waals surface area contributed by atoms with Crippen LogP contribution in [0.3, 0.4) is 0 Å². The second kappa shape index (κ2) is 11.7. The minimum atomic E-state index is -4.64. The molecule has 0 bridgehead atoms. The van der Waals surface area contributed by atoms with Gasteiger partial charge in [0.1, 0.15) is 12.4 Å². The van der Waals surface area contributed by atoms with Gasteiger partial charge in [0.05, 0.1) is 34.7 Å². The smallest absolute Gasteiger partial charge is 0.416 e. The number of aromatic nitrogens is 2. The molecular weight excluding hydrogens is 572 g/mol. The van der Waals surface area contributed by atoms with Crippen LogP contribution in [0.25, 0.3) is 22.3 Å². The molecule has 0 aliphatic carbocycles. The Bertz CT molecular complexity index is 1940. The molecule has 5 aromatic rings. The van der Waals surface area contributed by atoms with E-state index in [2.05, 4.69) is 10.1 Å². The fourth-order valence-electron chi connectivity index (χ4n) is 4.27. The number of para-hydroxylation sites is 1. The van der Waals surface area contributed by atoms with Crippen molar-refractivity contribution in [2.45, 2.75) is 12.8 Å². The topological polar surface area (TPSA) is 109 Å². The number of nitrogens with zero attached hydrogens (tertiary/aromatic N) is 4. The van der Waals surface area contributed by atoms with Crippen molar-refractivity contribution in [1.82, 2.24) is 9.66 Å². The Labute approximate surface area is 240 Å². The maximum absolute atomic E-state index is 13.6. The highest BCUT2D eigenvalue weighted by Gasteiger charge is 2.31. The van der Waals surface area contributed by atoms with Gasteiger partial charge in [0.25, 0.3) is 5.56 Å². The van der Waals surface area contributed by atoms with E-state index in [0.717, 1.165) is 29.1 Å². The van der Waals surface area contributed by atoms with Gasteiger partial charge >= 0.3 is 11.9 Å². The summed E-state index contributed by atoms with van der Waals surface area (Å²) in [7, 11) is 1.26. The van der Waals surface area contributed by atoms with E-state index in [1.807, 2.05) is 0 Å². The molecule has 218 valence electrons. The Morgan fingerprint density at radius 3 is 2.51 bits per heavy atom. The van der Waals surface area contributed by atoms with Crippen LogP contribution in [0.15, 0.2) is 94.8 Å². The second-order valence-electron chi connectivity index (χ2n) is 9.14. The zero-order chi connectivity index (χ0) is 30.7. The fraction of sp³-hybridized carbons (Fsp3) is 0.100. The van der Waals surface area contributed by atoms with E-state index in [9.17, 15) is 32.5 Å². The third kappa shape index (κ3) is 6.20. The fourth-order valence-corrected chi connectivity index (χ4v) is 4.27. The number of nitro benzene ring substituents is 1. The third-order valence-electron chi connectivity index (χ3n) is 6.27. The standard InChI is InChI=1S/C30H20F4N4O5/c1-42-26-14-19(13-25(38(40)41)27(26)43-17-18-6-4-9-22(31)12-18)16-35-37-28(20-7-5-8-21(15-20)30(32,33)34)36-24-11-3-2-10-23(24)29(37)39/h2-16H,17H2,1H3. The summed E-state index contributed by atoms with van der Waals surface area (Å²) < 4.78 is 65.7. The molecule has 0 N–H and O–H groups in total. The summed E-state index contributed by atoms with van der Waals surface area (Å²) in [6.07, 6.45) is -3.53. The molecule has 13 heteroatoms. The minimum Gasteiger partial charge on any atom is -0.493 e. The number of hydrogen-bond donors (Lipinski definition) is 0. The molecule has 0 aliphatic heterocycles. The maximum atomic E-state index is 13.6. The van der Waals surface area contributed by atoms with Crippen molar-refractivity contribution in [2.24, 2.45) is 5.10 Å². The van der Waals surface area contributed by atoms with E-state index in [4.69, 9.17) is 9.47 Å². The van der Waals surface area contributed by atoms with Crippen molar-refractivity contribution < 1.29 is 32.0 Å². The molecule has 1 heterocycles. The molecule has 43 heavy (non-hydrogen) atoms. The van der Waals surface area contributed by atoms with Gasteiger partial charge in [-0.25, -0.2) is 9.37 Å². The van der Waals surface area contributed by atoms with Crippen LogP contribution in [0, 0.1) is 15.9 Å². The predicted octanol–water partition coefficient (Wildman–Crippen LogP) is 6.60. The Morgan fingerprint density at radius 1 is 1.02 bits per heavy atom. The highest BCUT2D eigenvalue weighted by molar-refractivity contribution is 5.84. The molecule has 0 radical (unpaired) electrons. The number of nitro groups is 1. The number of benzene rings is 4. The van der Waals surface area contributed by atoms with Crippen LogP contribution in [0.4, 0.5) is 23.2 Å². The molecule has 0 unspecified atom stereocenters. The number of methoxy groups -OCH3 is 1. The summed E-state index contributed by atoms with van der Waals surface area (Å²) in [5.74, 6) is -0.947. The quantitative estimate of drug-likeness (QED) is 0.0870. The van der Waals surface area contributed by atoms with Crippen molar-refractivity contribution in [1.29, 1.82) is 0 Å². The van der Waals surface area contributed by atoms with E-state index in [1.165, 1.54) is 49.6 Å². The Hall–Kier alpha value is -5.59. The maximum Gasteiger partial charge on any atom is 0.416 e. The first kappa shape index (κ1) is 28.9. The summed E-state index contributed by atoms with van der Waals surface area (Å²) in [6, 6.07) is 18.5. The second-order valence-corrected chi connectivity index (χ2v) is 9.14. The number of ether oxygens (including phenoxy) is 2. The van der Waals surface area contributed by atoms with Gasteiger partial charge in [-0.1, -0.05) is 36.4 Å². The van der Waals surface area contributed by atoms with E-state index >= 15 is 0 Å². The lowest BCUT2D eigenvalue weighted by Crippen LogP contribution is -2.20. The van der Waals surface area contributed by atoms with E-state index in [1.54, 1.807) is 24.3 Å². The lowest BCUT2D eigenvalue weighted by atomic mass is 10.1. The zero-order valence-electron chi connectivity index (χ0n) is 22.2.